The smallest absolute Gasteiger partial charge is 0.373 e. The highest BCUT2D eigenvalue weighted by molar-refractivity contribution is 6.32. The summed E-state index contributed by atoms with van der Waals surface area (Å²) in [7, 11) is 0. The topological polar surface area (TPSA) is 120 Å². The Bertz CT molecular complexity index is 1880. The minimum Gasteiger partial charge on any atom is -0.488 e. The van der Waals surface area contributed by atoms with E-state index in [1.807, 2.05) is 30.3 Å². The second-order valence-corrected chi connectivity index (χ2v) is 12.5. The van der Waals surface area contributed by atoms with Gasteiger partial charge in [-0.05, 0) is 66.6 Å². The largest absolute Gasteiger partial charge is 0.488 e. The maximum Gasteiger partial charge on any atom is 0.373 e. The molecule has 0 amide bonds. The van der Waals surface area contributed by atoms with Gasteiger partial charge in [-0.2, -0.15) is 14.9 Å². The summed E-state index contributed by atoms with van der Waals surface area (Å²) in [6, 6.07) is 17.6. The zero-order chi connectivity index (χ0) is 34.2. The summed E-state index contributed by atoms with van der Waals surface area (Å²) in [4.78, 5) is 20.4. The molecule has 1 atom stereocenters. The molecule has 0 radical (unpaired) electrons. The molecule has 0 spiro atoms. The number of fused-ring (bicyclic) bond motifs is 2. The van der Waals surface area contributed by atoms with Crippen LogP contribution in [0.4, 0.5) is 4.39 Å². The van der Waals surface area contributed by atoms with Gasteiger partial charge in [0.15, 0.2) is 17.3 Å². The van der Waals surface area contributed by atoms with Gasteiger partial charge in [-0.25, -0.2) is 4.39 Å². The van der Waals surface area contributed by atoms with Crippen LogP contribution in [0.25, 0.3) is 11.1 Å². The van der Waals surface area contributed by atoms with Crippen molar-refractivity contribution >= 4 is 17.8 Å². The van der Waals surface area contributed by atoms with Gasteiger partial charge in [0, 0.05) is 47.7 Å². The van der Waals surface area contributed by atoms with E-state index in [4.69, 9.17) is 40.1 Å². The summed E-state index contributed by atoms with van der Waals surface area (Å²) in [5, 5.41) is 13.5. The summed E-state index contributed by atoms with van der Waals surface area (Å²) < 4.78 is 39.7. The van der Waals surface area contributed by atoms with Crippen molar-refractivity contribution in [2.24, 2.45) is 0 Å². The normalized spacial score (nSPS) is 16.4. The van der Waals surface area contributed by atoms with Gasteiger partial charge in [-0.3, -0.25) is 4.98 Å². The van der Waals surface area contributed by atoms with Crippen molar-refractivity contribution in [1.82, 2.24) is 10.3 Å². The summed E-state index contributed by atoms with van der Waals surface area (Å²) in [5.41, 5.74) is 5.59. The maximum absolute atomic E-state index is 15.6. The molecule has 4 aromatic rings. The van der Waals surface area contributed by atoms with Gasteiger partial charge in [0.1, 0.15) is 43.5 Å². The van der Waals surface area contributed by atoms with Crippen molar-refractivity contribution in [3.63, 3.8) is 0 Å². The Kier molecular flexibility index (Phi) is 11.1. The summed E-state index contributed by atoms with van der Waals surface area (Å²) in [6.07, 6.45) is 10.8. The molecular formula is C38H35ClFN3O6. The van der Waals surface area contributed by atoms with E-state index in [0.29, 0.717) is 59.2 Å². The van der Waals surface area contributed by atoms with Crippen LogP contribution in [0.1, 0.15) is 72.4 Å². The number of carbonyl (C=O) groups excluding carboxylic acids is 2. The number of rotatable bonds is 9. The number of benzene rings is 3. The molecule has 0 unspecified atom stereocenters. The second kappa shape index (κ2) is 16.0. The molecule has 1 fully saturated rings. The number of pyridine rings is 1. The Morgan fingerprint density at radius 1 is 0.980 bits per heavy atom. The Morgan fingerprint density at radius 3 is 2.61 bits per heavy atom. The molecule has 0 bridgehead atoms. The first-order chi connectivity index (χ1) is 24.0. The van der Waals surface area contributed by atoms with Gasteiger partial charge in [0.05, 0.1) is 10.6 Å². The van der Waals surface area contributed by atoms with Gasteiger partial charge in [-0.15, -0.1) is 0 Å². The summed E-state index contributed by atoms with van der Waals surface area (Å²) >= 11 is 6.87. The number of nitriles is 1. The number of aromatic nitrogens is 1. The van der Waals surface area contributed by atoms with Crippen LogP contribution < -0.4 is 24.3 Å². The number of hydrogen-bond acceptors (Lipinski definition) is 9. The van der Waals surface area contributed by atoms with E-state index in [-0.39, 0.29) is 24.6 Å². The first-order valence-electron chi connectivity index (χ1n) is 16.4. The third-order valence-electron chi connectivity index (χ3n) is 9.04. The van der Waals surface area contributed by atoms with Gasteiger partial charge in [0.2, 0.25) is 0 Å². The lowest BCUT2D eigenvalue weighted by Gasteiger charge is -2.24. The van der Waals surface area contributed by atoms with E-state index < -0.39 is 5.82 Å². The van der Waals surface area contributed by atoms with Crippen LogP contribution in [-0.2, 0) is 29.2 Å². The van der Waals surface area contributed by atoms with Crippen LogP contribution in [0.3, 0.4) is 0 Å². The molecule has 2 heterocycles. The fourth-order valence-corrected chi connectivity index (χ4v) is 6.95. The maximum atomic E-state index is 15.6. The summed E-state index contributed by atoms with van der Waals surface area (Å²) in [6.45, 7) is 1.59. The molecular weight excluding hydrogens is 649 g/mol. The Labute approximate surface area is 288 Å². The van der Waals surface area contributed by atoms with Gasteiger partial charge < -0.3 is 24.3 Å². The molecule has 252 valence electrons. The molecule has 2 aliphatic carbocycles. The first kappa shape index (κ1) is 33.9. The fraction of sp³-hybridized carbons (Fsp3) is 0.342. The molecule has 3 aliphatic rings. The Hall–Kier alpha value is -4.94. The third kappa shape index (κ3) is 7.87. The van der Waals surface area contributed by atoms with Crippen molar-refractivity contribution in [3.05, 3.63) is 99.6 Å². The minimum atomic E-state index is -0.410. The Balaban J connectivity index is 0.00000134. The lowest BCUT2D eigenvalue weighted by atomic mass is 9.95. The molecule has 11 heteroatoms. The van der Waals surface area contributed by atoms with Crippen molar-refractivity contribution in [1.29, 1.82) is 5.26 Å². The molecule has 1 aromatic heterocycles. The molecule has 0 saturated heterocycles. The highest BCUT2D eigenvalue weighted by Crippen LogP contribution is 2.45. The fourth-order valence-electron chi connectivity index (χ4n) is 6.72. The zero-order valence-electron chi connectivity index (χ0n) is 26.8. The van der Waals surface area contributed by atoms with Crippen molar-refractivity contribution in [3.8, 4) is 40.2 Å². The van der Waals surface area contributed by atoms with Crippen LogP contribution in [0.15, 0.2) is 60.9 Å². The van der Waals surface area contributed by atoms with Crippen LogP contribution >= 0.6 is 11.6 Å². The second-order valence-electron chi connectivity index (χ2n) is 12.1. The third-order valence-corrected chi connectivity index (χ3v) is 9.34. The van der Waals surface area contributed by atoms with Gasteiger partial charge >= 0.3 is 6.15 Å². The average Bonchev–Trinajstić information content (AvgIpc) is 3.55. The molecule has 1 N–H and O–H groups in total. The number of ether oxygens (including phenoxy) is 4. The number of halogens is 2. The van der Waals surface area contributed by atoms with E-state index >= 15 is 4.39 Å². The zero-order valence-corrected chi connectivity index (χ0v) is 27.6. The molecule has 49 heavy (non-hydrogen) atoms. The van der Waals surface area contributed by atoms with E-state index in [2.05, 4.69) is 16.4 Å². The number of hydrogen-bond donors (Lipinski definition) is 1. The Morgan fingerprint density at radius 2 is 1.80 bits per heavy atom. The minimum absolute atomic E-state index is 0.166. The van der Waals surface area contributed by atoms with Crippen molar-refractivity contribution < 1.29 is 32.9 Å². The lowest BCUT2D eigenvalue weighted by Crippen LogP contribution is -2.30. The van der Waals surface area contributed by atoms with Crippen LogP contribution in [0.2, 0.25) is 5.02 Å². The van der Waals surface area contributed by atoms with Crippen molar-refractivity contribution in [2.75, 3.05) is 13.2 Å². The summed E-state index contributed by atoms with van der Waals surface area (Å²) in [5.74, 6) is 1.37. The highest BCUT2D eigenvalue weighted by Gasteiger charge is 2.30. The molecule has 1 saturated carbocycles. The molecule has 1 aliphatic heterocycles. The van der Waals surface area contributed by atoms with Gasteiger partial charge in [-0.1, -0.05) is 49.1 Å². The average molecular weight is 684 g/mol. The van der Waals surface area contributed by atoms with E-state index in [1.54, 1.807) is 24.4 Å². The lowest BCUT2D eigenvalue weighted by molar-refractivity contribution is -0.191. The standard InChI is InChI=1S/C37H35ClFN3O4.CO2/c38-31-16-25(21-42-26-5-2-1-3-6-26)34(45-22-24-15-23(18-40)19-41-20-24)17-35(31)46-32-11-9-28-27(7-4-8-29(28)32)30-10-12-33-37(36(30)39)44-14-13-43-33;2-1-3/h4,7-8,10,12,15-17,19-20,26,32,42H,1-3,5-6,9,11,13-14,21-22H2;/t32-;/m0./s1. The SMILES string of the molecule is N#Cc1cncc(COc2cc(O[C@H]3CCc4c(-c5ccc6c(c5F)OCCO6)cccc43)c(Cl)cc2CNC2CCCCC2)c1.O=C=O. The predicted molar refractivity (Wildman–Crippen MR) is 178 cm³/mol. The van der Waals surface area contributed by atoms with E-state index in [0.717, 1.165) is 53.5 Å². The van der Waals surface area contributed by atoms with Gasteiger partial charge in [0.25, 0.3) is 0 Å². The monoisotopic (exact) mass is 683 g/mol. The van der Waals surface area contributed by atoms with Crippen LogP contribution in [0, 0.1) is 17.1 Å². The quantitative estimate of drug-likeness (QED) is 0.190. The predicted octanol–water partition coefficient (Wildman–Crippen LogP) is 7.67. The molecule has 7 rings (SSSR count). The highest BCUT2D eigenvalue weighted by atomic mass is 35.5. The van der Waals surface area contributed by atoms with E-state index in [1.165, 1.54) is 25.5 Å². The van der Waals surface area contributed by atoms with Crippen LogP contribution in [0.5, 0.6) is 23.0 Å². The number of nitrogens with one attached hydrogen (secondary N) is 1. The molecule has 3 aromatic carbocycles. The van der Waals surface area contributed by atoms with Crippen molar-refractivity contribution in [2.45, 2.75) is 70.2 Å². The van der Waals surface area contributed by atoms with E-state index in [9.17, 15) is 5.26 Å². The first-order valence-corrected chi connectivity index (χ1v) is 16.8. The van der Waals surface area contributed by atoms with Crippen LogP contribution in [-0.4, -0.2) is 30.4 Å². The number of nitrogens with zero attached hydrogens (tertiary/aromatic N) is 2. The molecule has 9 nitrogen and oxygen atoms in total.